The molecule has 0 saturated carbocycles. The summed E-state index contributed by atoms with van der Waals surface area (Å²) in [5.41, 5.74) is 0.342. The highest BCUT2D eigenvalue weighted by Gasteiger charge is 2.30. The largest absolute Gasteiger partial charge is 0.289 e. The van der Waals surface area contributed by atoms with Crippen LogP contribution in [0.3, 0.4) is 0 Å². The minimum absolute atomic E-state index is 0.132. The van der Waals surface area contributed by atoms with Crippen LogP contribution in [0.4, 0.5) is 5.69 Å². The number of nitro benzene ring substituents is 1. The molecule has 0 bridgehead atoms. The van der Waals surface area contributed by atoms with Crippen LogP contribution in [0.15, 0.2) is 53.7 Å². The first-order valence-electron chi connectivity index (χ1n) is 6.59. The lowest BCUT2D eigenvalue weighted by atomic mass is 10.3. The molecule has 0 atom stereocenters. The van der Waals surface area contributed by atoms with Gasteiger partial charge in [-0.15, -0.1) is 0 Å². The average molecular weight is 321 g/mol. The van der Waals surface area contributed by atoms with Gasteiger partial charge in [0.05, 0.1) is 4.92 Å². The SMILES string of the molecule is CCN(Cc1ccncc1)S(=O)(=O)c1ccccc1[N+](=O)[O-]. The molecule has 0 aliphatic carbocycles. The van der Waals surface area contributed by atoms with E-state index >= 15 is 0 Å². The van der Waals surface area contributed by atoms with Gasteiger partial charge in [0.1, 0.15) is 0 Å². The molecule has 0 fully saturated rings. The Morgan fingerprint density at radius 3 is 2.41 bits per heavy atom. The van der Waals surface area contributed by atoms with Crippen LogP contribution in [0.1, 0.15) is 12.5 Å². The third-order valence-electron chi connectivity index (χ3n) is 3.14. The predicted molar refractivity (Wildman–Crippen MR) is 80.6 cm³/mol. The standard InChI is InChI=1S/C14H15N3O4S/c1-2-16(11-12-7-9-15-10-8-12)22(20,21)14-6-4-3-5-13(14)17(18)19/h3-10H,2,11H2,1H3. The molecule has 0 unspecified atom stereocenters. The van der Waals surface area contributed by atoms with Crippen LogP contribution in [0.5, 0.6) is 0 Å². The number of pyridine rings is 1. The first-order valence-corrected chi connectivity index (χ1v) is 8.03. The van der Waals surface area contributed by atoms with Crippen LogP contribution in [0.25, 0.3) is 0 Å². The number of sulfonamides is 1. The van der Waals surface area contributed by atoms with Gasteiger partial charge in [-0.25, -0.2) is 8.42 Å². The van der Waals surface area contributed by atoms with Gasteiger partial charge in [-0.05, 0) is 23.8 Å². The van der Waals surface area contributed by atoms with Gasteiger partial charge in [0.15, 0.2) is 4.90 Å². The van der Waals surface area contributed by atoms with Gasteiger partial charge in [-0.2, -0.15) is 4.31 Å². The van der Waals surface area contributed by atoms with Crippen molar-refractivity contribution >= 4 is 15.7 Å². The van der Waals surface area contributed by atoms with Crippen molar-refractivity contribution in [2.24, 2.45) is 0 Å². The third kappa shape index (κ3) is 3.29. The predicted octanol–water partition coefficient (Wildman–Crippen LogP) is 2.20. The van der Waals surface area contributed by atoms with Gasteiger partial charge in [0, 0.05) is 31.5 Å². The molecule has 0 radical (unpaired) electrons. The summed E-state index contributed by atoms with van der Waals surface area (Å²) in [5.74, 6) is 0. The summed E-state index contributed by atoms with van der Waals surface area (Å²) in [4.78, 5) is 13.9. The van der Waals surface area contributed by atoms with Crippen molar-refractivity contribution in [2.45, 2.75) is 18.4 Å². The van der Waals surface area contributed by atoms with Crippen molar-refractivity contribution in [3.63, 3.8) is 0 Å². The maximum atomic E-state index is 12.7. The lowest BCUT2D eigenvalue weighted by Crippen LogP contribution is -2.30. The fraction of sp³-hybridized carbons (Fsp3) is 0.214. The Labute approximate surface area is 128 Å². The average Bonchev–Trinajstić information content (AvgIpc) is 2.53. The molecule has 0 aliphatic rings. The molecule has 2 aromatic rings. The highest BCUT2D eigenvalue weighted by molar-refractivity contribution is 7.89. The normalized spacial score (nSPS) is 11.5. The van der Waals surface area contributed by atoms with Gasteiger partial charge in [0.2, 0.25) is 10.0 Å². The smallest absolute Gasteiger partial charge is 0.265 e. The Hall–Kier alpha value is -2.32. The van der Waals surface area contributed by atoms with Crippen molar-refractivity contribution in [1.29, 1.82) is 0 Å². The van der Waals surface area contributed by atoms with Crippen LogP contribution in [0.2, 0.25) is 0 Å². The number of nitrogens with zero attached hydrogens (tertiary/aromatic N) is 3. The molecular weight excluding hydrogens is 306 g/mol. The van der Waals surface area contributed by atoms with E-state index < -0.39 is 20.6 Å². The topological polar surface area (TPSA) is 93.4 Å². The maximum Gasteiger partial charge on any atom is 0.289 e. The van der Waals surface area contributed by atoms with E-state index in [1.54, 1.807) is 31.5 Å². The lowest BCUT2D eigenvalue weighted by molar-refractivity contribution is -0.387. The van der Waals surface area contributed by atoms with Gasteiger partial charge < -0.3 is 0 Å². The van der Waals surface area contributed by atoms with Crippen LogP contribution in [0, 0.1) is 10.1 Å². The zero-order valence-corrected chi connectivity index (χ0v) is 12.7. The molecule has 0 saturated heterocycles. The third-order valence-corrected chi connectivity index (χ3v) is 5.11. The first-order chi connectivity index (χ1) is 10.5. The Bertz CT molecular complexity index is 763. The molecule has 22 heavy (non-hydrogen) atoms. The van der Waals surface area contributed by atoms with Crippen molar-refractivity contribution in [3.8, 4) is 0 Å². The van der Waals surface area contributed by atoms with Crippen LogP contribution < -0.4 is 0 Å². The monoisotopic (exact) mass is 321 g/mol. The molecule has 8 heteroatoms. The van der Waals surface area contributed by atoms with E-state index in [1.807, 2.05) is 0 Å². The zero-order chi connectivity index (χ0) is 16.2. The molecule has 0 spiro atoms. The van der Waals surface area contributed by atoms with Crippen molar-refractivity contribution in [1.82, 2.24) is 9.29 Å². The van der Waals surface area contributed by atoms with Crippen molar-refractivity contribution in [3.05, 3.63) is 64.5 Å². The Kier molecular flexibility index (Phi) is 4.84. The molecule has 7 nitrogen and oxygen atoms in total. The number of rotatable bonds is 6. The molecule has 0 amide bonds. The Balaban J connectivity index is 2.42. The molecule has 0 aliphatic heterocycles. The van der Waals surface area contributed by atoms with E-state index in [-0.39, 0.29) is 18.0 Å². The molecule has 2 rings (SSSR count). The minimum Gasteiger partial charge on any atom is -0.265 e. The summed E-state index contributed by atoms with van der Waals surface area (Å²) in [6, 6.07) is 8.77. The Morgan fingerprint density at radius 2 is 1.82 bits per heavy atom. The van der Waals surface area contributed by atoms with Crippen molar-refractivity contribution in [2.75, 3.05) is 6.54 Å². The quantitative estimate of drug-likeness (QED) is 0.600. The molecular formula is C14H15N3O4S. The second kappa shape index (κ2) is 6.63. The summed E-state index contributed by atoms with van der Waals surface area (Å²) in [6.45, 7) is 2.03. The fourth-order valence-electron chi connectivity index (χ4n) is 2.02. The molecule has 1 aromatic carbocycles. The van der Waals surface area contributed by atoms with Gasteiger partial charge in [-0.1, -0.05) is 19.1 Å². The van der Waals surface area contributed by atoms with E-state index in [2.05, 4.69) is 4.98 Å². The molecule has 116 valence electrons. The minimum atomic E-state index is -3.95. The molecule has 0 N–H and O–H groups in total. The highest BCUT2D eigenvalue weighted by Crippen LogP contribution is 2.27. The van der Waals surface area contributed by atoms with E-state index in [4.69, 9.17) is 0 Å². The van der Waals surface area contributed by atoms with Crippen LogP contribution in [-0.2, 0) is 16.6 Å². The Morgan fingerprint density at radius 1 is 1.18 bits per heavy atom. The second-order valence-corrected chi connectivity index (χ2v) is 6.42. The number of hydrogen-bond donors (Lipinski definition) is 0. The van der Waals surface area contributed by atoms with Gasteiger partial charge >= 0.3 is 0 Å². The zero-order valence-electron chi connectivity index (χ0n) is 11.9. The summed E-state index contributed by atoms with van der Waals surface area (Å²) in [7, 11) is -3.95. The fourth-order valence-corrected chi connectivity index (χ4v) is 3.62. The maximum absolute atomic E-state index is 12.7. The first kappa shape index (κ1) is 16.1. The van der Waals surface area contributed by atoms with Gasteiger partial charge in [0.25, 0.3) is 5.69 Å². The number of para-hydroxylation sites is 1. The van der Waals surface area contributed by atoms with E-state index in [0.29, 0.717) is 0 Å². The van der Waals surface area contributed by atoms with E-state index in [0.717, 1.165) is 5.56 Å². The van der Waals surface area contributed by atoms with Crippen LogP contribution in [-0.4, -0.2) is 29.2 Å². The molecule has 1 aromatic heterocycles. The highest BCUT2D eigenvalue weighted by atomic mass is 32.2. The summed E-state index contributed by atoms with van der Waals surface area (Å²) in [5, 5.41) is 11.1. The second-order valence-electron chi connectivity index (χ2n) is 4.51. The summed E-state index contributed by atoms with van der Waals surface area (Å²) < 4.78 is 26.6. The number of benzene rings is 1. The summed E-state index contributed by atoms with van der Waals surface area (Å²) in [6.07, 6.45) is 3.14. The number of nitro groups is 1. The van der Waals surface area contributed by atoms with E-state index in [1.165, 1.54) is 28.6 Å². The van der Waals surface area contributed by atoms with Gasteiger partial charge in [-0.3, -0.25) is 15.1 Å². The number of hydrogen-bond acceptors (Lipinski definition) is 5. The molecule has 1 heterocycles. The van der Waals surface area contributed by atoms with Crippen LogP contribution >= 0.6 is 0 Å². The van der Waals surface area contributed by atoms with Crippen molar-refractivity contribution < 1.29 is 13.3 Å². The lowest BCUT2D eigenvalue weighted by Gasteiger charge is -2.20. The number of aromatic nitrogens is 1. The summed E-state index contributed by atoms with van der Waals surface area (Å²) >= 11 is 0. The van der Waals surface area contributed by atoms with E-state index in [9.17, 15) is 18.5 Å².